The average Bonchev–Trinajstić information content (AvgIpc) is 2.59. The topological polar surface area (TPSA) is 0 Å². The molecule has 0 bridgehead atoms. The van der Waals surface area contributed by atoms with E-state index in [9.17, 15) is 0 Å². The molecule has 1 aliphatic rings. The summed E-state index contributed by atoms with van der Waals surface area (Å²) >= 11 is 0. The summed E-state index contributed by atoms with van der Waals surface area (Å²) in [5.74, 6) is 0. The van der Waals surface area contributed by atoms with Crippen LogP contribution in [-0.2, 0) is 6.42 Å². The van der Waals surface area contributed by atoms with Crippen molar-refractivity contribution in [2.75, 3.05) is 0 Å². The third-order valence-corrected chi connectivity index (χ3v) is 2.12. The molecule has 1 aromatic carbocycles. The molecule has 0 saturated heterocycles. The fourth-order valence-corrected chi connectivity index (χ4v) is 1.48. The molecule has 0 aromatic heterocycles. The van der Waals surface area contributed by atoms with E-state index in [4.69, 9.17) is 0 Å². The van der Waals surface area contributed by atoms with Gasteiger partial charge in [-0.1, -0.05) is 54.1 Å². The van der Waals surface area contributed by atoms with Crippen LogP contribution in [-0.4, -0.2) is 18.9 Å². The van der Waals surface area contributed by atoms with Gasteiger partial charge in [-0.25, -0.2) is 0 Å². The maximum absolute atomic E-state index is 2.22. The summed E-state index contributed by atoms with van der Waals surface area (Å²) in [6.07, 6.45) is 8.80. The predicted octanol–water partition coefficient (Wildman–Crippen LogP) is 2.47. The summed E-state index contributed by atoms with van der Waals surface area (Å²) in [4.78, 5) is 0. The molecule has 0 spiro atoms. The Labute approximate surface area is 91.5 Å². The molecule has 1 heteroatoms. The van der Waals surface area contributed by atoms with E-state index in [0.29, 0.717) is 0 Å². The summed E-state index contributed by atoms with van der Waals surface area (Å²) < 4.78 is 0. The third kappa shape index (κ3) is 2.92. The van der Waals surface area contributed by atoms with E-state index in [1.54, 1.807) is 0 Å². The van der Waals surface area contributed by atoms with E-state index >= 15 is 0 Å². The molecule has 0 fully saturated rings. The van der Waals surface area contributed by atoms with Crippen LogP contribution in [0.1, 0.15) is 12.0 Å². The van der Waals surface area contributed by atoms with Crippen LogP contribution in [0.2, 0.25) is 0 Å². The zero-order chi connectivity index (χ0) is 8.23. The van der Waals surface area contributed by atoms with Crippen molar-refractivity contribution in [3.63, 3.8) is 0 Å². The van der Waals surface area contributed by atoms with Crippen molar-refractivity contribution in [2.24, 2.45) is 0 Å². The van der Waals surface area contributed by atoms with Crippen LogP contribution < -0.4 is 0 Å². The van der Waals surface area contributed by atoms with E-state index in [1.165, 1.54) is 11.1 Å². The molecule has 0 amide bonds. The number of benzene rings is 1. The Morgan fingerprint density at radius 3 is 2.46 bits per heavy atom. The van der Waals surface area contributed by atoms with Gasteiger partial charge in [-0.3, -0.25) is 0 Å². The van der Waals surface area contributed by atoms with Crippen molar-refractivity contribution in [1.29, 1.82) is 0 Å². The van der Waals surface area contributed by atoms with E-state index < -0.39 is 0 Å². The van der Waals surface area contributed by atoms with E-state index in [2.05, 4.69) is 48.6 Å². The number of hydrogen-bond acceptors (Lipinski definition) is 0. The van der Waals surface area contributed by atoms with Crippen molar-refractivity contribution in [1.82, 2.24) is 0 Å². The maximum atomic E-state index is 2.22. The molecule has 13 heavy (non-hydrogen) atoms. The minimum absolute atomic E-state index is 0. The average molecular weight is 164 g/mol. The molecule has 0 unspecified atom stereocenters. The summed E-state index contributed by atoms with van der Waals surface area (Å²) in [7, 11) is 0. The fraction of sp³-hybridized carbons (Fsp3) is 0.167. The first-order valence-corrected chi connectivity index (χ1v) is 4.33. The molecule has 0 atom stereocenters. The second kappa shape index (κ2) is 5.12. The van der Waals surface area contributed by atoms with Gasteiger partial charge in [0.2, 0.25) is 0 Å². The van der Waals surface area contributed by atoms with Crippen molar-refractivity contribution in [2.45, 2.75) is 12.8 Å². The molecular formula is C12H13Li. The van der Waals surface area contributed by atoms with Crippen molar-refractivity contribution in [3.05, 3.63) is 59.7 Å². The first kappa shape index (κ1) is 10.4. The van der Waals surface area contributed by atoms with Crippen molar-refractivity contribution < 1.29 is 0 Å². The standard InChI is InChI=1S/C12H12.Li.H/c1-2-6-11(7-3-1)10-12-8-4-5-9-12;;/h1-8H,9-10H2;;. The Morgan fingerprint density at radius 1 is 1.08 bits per heavy atom. The molecule has 1 aliphatic carbocycles. The quantitative estimate of drug-likeness (QED) is 0.589. The van der Waals surface area contributed by atoms with Gasteiger partial charge < -0.3 is 0 Å². The summed E-state index contributed by atoms with van der Waals surface area (Å²) in [5, 5.41) is 0. The second-order valence-electron chi connectivity index (χ2n) is 3.12. The predicted molar refractivity (Wildman–Crippen MR) is 59.1 cm³/mol. The Hall–Kier alpha value is -0.703. The van der Waals surface area contributed by atoms with Crippen LogP contribution in [0, 0.1) is 0 Å². The van der Waals surface area contributed by atoms with Crippen LogP contribution in [0.15, 0.2) is 54.1 Å². The van der Waals surface area contributed by atoms with Gasteiger partial charge in [0.05, 0.1) is 0 Å². The molecular weight excluding hydrogens is 151 g/mol. The molecule has 0 radical (unpaired) electrons. The van der Waals surface area contributed by atoms with Gasteiger partial charge in [0.1, 0.15) is 0 Å². The normalized spacial score (nSPS) is 13.7. The van der Waals surface area contributed by atoms with E-state index in [1.807, 2.05) is 0 Å². The van der Waals surface area contributed by atoms with Gasteiger partial charge in [0, 0.05) is 0 Å². The van der Waals surface area contributed by atoms with Gasteiger partial charge in [-0.05, 0) is 18.4 Å². The fourth-order valence-electron chi connectivity index (χ4n) is 1.48. The Morgan fingerprint density at radius 2 is 1.85 bits per heavy atom. The van der Waals surface area contributed by atoms with Gasteiger partial charge in [0.15, 0.2) is 0 Å². The number of allylic oxidation sites excluding steroid dienone is 4. The van der Waals surface area contributed by atoms with Crippen molar-refractivity contribution >= 4 is 18.9 Å². The van der Waals surface area contributed by atoms with Crippen LogP contribution in [0.25, 0.3) is 0 Å². The zero-order valence-electron chi connectivity index (χ0n) is 7.03. The second-order valence-corrected chi connectivity index (χ2v) is 3.12. The molecule has 0 N–H and O–H groups in total. The number of hydrogen-bond donors (Lipinski definition) is 0. The molecule has 0 heterocycles. The van der Waals surface area contributed by atoms with Crippen molar-refractivity contribution in [3.8, 4) is 0 Å². The molecule has 0 saturated carbocycles. The summed E-state index contributed by atoms with van der Waals surface area (Å²) in [5.41, 5.74) is 2.92. The summed E-state index contributed by atoms with van der Waals surface area (Å²) in [6.45, 7) is 0. The minimum atomic E-state index is 0. The van der Waals surface area contributed by atoms with Crippen LogP contribution in [0.5, 0.6) is 0 Å². The van der Waals surface area contributed by atoms with E-state index in [0.717, 1.165) is 12.8 Å². The number of rotatable bonds is 2. The SMILES string of the molecule is C1=CCC(Cc2ccccc2)=C1.[LiH]. The van der Waals surface area contributed by atoms with E-state index in [-0.39, 0.29) is 18.9 Å². The Balaban J connectivity index is 0.000000845. The van der Waals surface area contributed by atoms with Crippen LogP contribution in [0.3, 0.4) is 0 Å². The molecule has 62 valence electrons. The third-order valence-electron chi connectivity index (χ3n) is 2.12. The van der Waals surface area contributed by atoms with Crippen LogP contribution in [0.4, 0.5) is 0 Å². The van der Waals surface area contributed by atoms with Gasteiger partial charge >= 0.3 is 18.9 Å². The monoisotopic (exact) mass is 164 g/mol. The Kier molecular flexibility index (Phi) is 4.09. The molecule has 1 aromatic rings. The Bertz CT molecular complexity index is 309. The van der Waals surface area contributed by atoms with Gasteiger partial charge in [-0.15, -0.1) is 0 Å². The first-order valence-electron chi connectivity index (χ1n) is 4.33. The zero-order valence-corrected chi connectivity index (χ0v) is 7.03. The first-order chi connectivity index (χ1) is 5.95. The van der Waals surface area contributed by atoms with Gasteiger partial charge in [-0.2, -0.15) is 0 Å². The molecule has 0 aliphatic heterocycles. The van der Waals surface area contributed by atoms with Gasteiger partial charge in [0.25, 0.3) is 0 Å². The molecule has 2 rings (SSSR count). The molecule has 0 nitrogen and oxygen atoms in total. The summed E-state index contributed by atoms with van der Waals surface area (Å²) in [6, 6.07) is 10.6. The van der Waals surface area contributed by atoms with Crippen LogP contribution >= 0.6 is 0 Å².